The molecule has 5 heteroatoms. The van der Waals surface area contributed by atoms with E-state index < -0.39 is 6.04 Å². The predicted octanol–water partition coefficient (Wildman–Crippen LogP) is 2.05. The molecule has 0 spiro atoms. The lowest BCUT2D eigenvalue weighted by Gasteiger charge is -2.42. The molecule has 0 aromatic heterocycles. The van der Waals surface area contributed by atoms with E-state index in [0.717, 1.165) is 39.0 Å². The summed E-state index contributed by atoms with van der Waals surface area (Å²) in [4.78, 5) is 14.1. The van der Waals surface area contributed by atoms with Crippen LogP contribution in [0.25, 0.3) is 0 Å². The number of thiol groups is 1. The SMILES string of the molecule is COCC1(Cc2ccccc2C)CCN(C(=O)C(N)CS)CC1. The molecule has 0 bridgehead atoms. The van der Waals surface area contributed by atoms with Crippen molar-refractivity contribution >= 4 is 18.5 Å². The van der Waals surface area contributed by atoms with Gasteiger partial charge in [-0.1, -0.05) is 24.3 Å². The second kappa shape index (κ2) is 8.18. The van der Waals surface area contributed by atoms with Crippen molar-refractivity contribution < 1.29 is 9.53 Å². The molecule has 1 aliphatic rings. The molecule has 1 amide bonds. The summed E-state index contributed by atoms with van der Waals surface area (Å²) < 4.78 is 5.52. The van der Waals surface area contributed by atoms with E-state index in [2.05, 4.69) is 43.8 Å². The highest BCUT2D eigenvalue weighted by atomic mass is 32.1. The first-order valence-corrected chi connectivity index (χ1v) is 8.83. The van der Waals surface area contributed by atoms with Crippen molar-refractivity contribution in [3.05, 3.63) is 35.4 Å². The number of nitrogens with two attached hydrogens (primary N) is 1. The van der Waals surface area contributed by atoms with Gasteiger partial charge in [0.1, 0.15) is 0 Å². The van der Waals surface area contributed by atoms with Crippen molar-refractivity contribution in [1.82, 2.24) is 4.90 Å². The third-order valence-corrected chi connectivity index (χ3v) is 5.32. The summed E-state index contributed by atoms with van der Waals surface area (Å²) in [7, 11) is 1.76. The number of hydrogen-bond donors (Lipinski definition) is 2. The Kier molecular flexibility index (Phi) is 6.50. The highest BCUT2D eigenvalue weighted by molar-refractivity contribution is 7.80. The quantitative estimate of drug-likeness (QED) is 0.782. The summed E-state index contributed by atoms with van der Waals surface area (Å²) in [6, 6.07) is 8.01. The minimum atomic E-state index is -0.496. The molecule has 4 nitrogen and oxygen atoms in total. The molecule has 1 aliphatic heterocycles. The van der Waals surface area contributed by atoms with Crippen LogP contribution in [0, 0.1) is 12.3 Å². The number of carbonyl (C=O) groups excluding carboxylic acids is 1. The predicted molar refractivity (Wildman–Crippen MR) is 96.8 cm³/mol. The fourth-order valence-corrected chi connectivity index (χ4v) is 3.56. The maximum Gasteiger partial charge on any atom is 0.240 e. The molecule has 0 radical (unpaired) electrons. The molecular weight excluding hydrogens is 308 g/mol. The fraction of sp³-hybridized carbons (Fsp3) is 0.611. The number of nitrogens with zero attached hydrogens (tertiary/aromatic N) is 1. The summed E-state index contributed by atoms with van der Waals surface area (Å²) >= 11 is 4.13. The number of amides is 1. The van der Waals surface area contributed by atoms with Gasteiger partial charge in [0.25, 0.3) is 0 Å². The molecule has 2 rings (SSSR count). The zero-order chi connectivity index (χ0) is 16.9. The van der Waals surface area contributed by atoms with Gasteiger partial charge in [-0.25, -0.2) is 0 Å². The highest BCUT2D eigenvalue weighted by Gasteiger charge is 2.37. The van der Waals surface area contributed by atoms with Gasteiger partial charge in [0.2, 0.25) is 5.91 Å². The van der Waals surface area contributed by atoms with Gasteiger partial charge in [0.05, 0.1) is 12.6 Å². The van der Waals surface area contributed by atoms with Crippen LogP contribution in [-0.4, -0.2) is 49.4 Å². The summed E-state index contributed by atoms with van der Waals surface area (Å²) in [5.74, 6) is 0.406. The van der Waals surface area contributed by atoms with Crippen LogP contribution in [0.15, 0.2) is 24.3 Å². The maximum atomic E-state index is 12.2. The Hall–Kier alpha value is -1.04. The average molecular weight is 337 g/mol. The summed E-state index contributed by atoms with van der Waals surface area (Å²) in [5.41, 5.74) is 8.61. The van der Waals surface area contributed by atoms with E-state index in [1.807, 2.05) is 4.90 Å². The molecule has 23 heavy (non-hydrogen) atoms. The Labute approximate surface area is 144 Å². The largest absolute Gasteiger partial charge is 0.384 e. The van der Waals surface area contributed by atoms with Crippen LogP contribution in [0.1, 0.15) is 24.0 Å². The van der Waals surface area contributed by atoms with Gasteiger partial charge >= 0.3 is 0 Å². The van der Waals surface area contributed by atoms with Gasteiger partial charge in [-0.15, -0.1) is 0 Å². The second-order valence-electron chi connectivity index (χ2n) is 6.65. The van der Waals surface area contributed by atoms with E-state index in [1.54, 1.807) is 7.11 Å². The number of rotatable bonds is 6. The average Bonchev–Trinajstić information content (AvgIpc) is 2.56. The van der Waals surface area contributed by atoms with E-state index >= 15 is 0 Å². The first kappa shape index (κ1) is 18.3. The maximum absolute atomic E-state index is 12.2. The summed E-state index contributed by atoms with van der Waals surface area (Å²) in [6.45, 7) is 4.37. The molecule has 1 unspecified atom stereocenters. The topological polar surface area (TPSA) is 55.6 Å². The highest BCUT2D eigenvalue weighted by Crippen LogP contribution is 2.36. The third kappa shape index (κ3) is 4.49. The Bertz CT molecular complexity index is 528. The normalized spacial score (nSPS) is 18.7. The molecule has 0 saturated carbocycles. The van der Waals surface area contributed by atoms with Crippen molar-refractivity contribution in [3.63, 3.8) is 0 Å². The molecule has 1 heterocycles. The van der Waals surface area contributed by atoms with E-state index in [1.165, 1.54) is 11.1 Å². The number of benzene rings is 1. The van der Waals surface area contributed by atoms with E-state index in [0.29, 0.717) is 5.75 Å². The second-order valence-corrected chi connectivity index (χ2v) is 7.02. The smallest absolute Gasteiger partial charge is 0.240 e. The lowest BCUT2D eigenvalue weighted by Crippen LogP contribution is -2.51. The molecule has 1 aromatic carbocycles. The Morgan fingerprint density at radius 2 is 2.04 bits per heavy atom. The van der Waals surface area contributed by atoms with Crippen LogP contribution in [0.2, 0.25) is 0 Å². The lowest BCUT2D eigenvalue weighted by molar-refractivity contribution is -0.135. The van der Waals surface area contributed by atoms with E-state index in [4.69, 9.17) is 10.5 Å². The number of aryl methyl sites for hydroxylation is 1. The lowest BCUT2D eigenvalue weighted by atomic mass is 9.73. The van der Waals surface area contributed by atoms with Gasteiger partial charge in [0, 0.05) is 31.4 Å². The van der Waals surface area contributed by atoms with Crippen LogP contribution in [-0.2, 0) is 16.0 Å². The van der Waals surface area contributed by atoms with Crippen molar-refractivity contribution in [2.24, 2.45) is 11.1 Å². The Morgan fingerprint density at radius 3 is 2.61 bits per heavy atom. The fourth-order valence-electron chi connectivity index (χ4n) is 3.40. The number of methoxy groups -OCH3 is 1. The van der Waals surface area contributed by atoms with Crippen LogP contribution in [0.5, 0.6) is 0 Å². The Balaban J connectivity index is 2.06. The first-order chi connectivity index (χ1) is 11.0. The number of likely N-dealkylation sites (tertiary alicyclic amines) is 1. The summed E-state index contributed by atoms with van der Waals surface area (Å²) in [6.07, 6.45) is 2.88. The van der Waals surface area contributed by atoms with Crippen LogP contribution >= 0.6 is 12.6 Å². The van der Waals surface area contributed by atoms with E-state index in [9.17, 15) is 4.79 Å². The molecule has 1 saturated heterocycles. The zero-order valence-electron chi connectivity index (χ0n) is 14.1. The Morgan fingerprint density at radius 1 is 1.39 bits per heavy atom. The molecular formula is C18H28N2O2S. The number of hydrogen-bond acceptors (Lipinski definition) is 4. The summed E-state index contributed by atoms with van der Waals surface area (Å²) in [5, 5.41) is 0. The van der Waals surface area contributed by atoms with E-state index in [-0.39, 0.29) is 11.3 Å². The zero-order valence-corrected chi connectivity index (χ0v) is 15.0. The number of piperidine rings is 1. The van der Waals surface area contributed by atoms with Gasteiger partial charge in [0.15, 0.2) is 0 Å². The van der Waals surface area contributed by atoms with Crippen molar-refractivity contribution in [2.75, 3.05) is 32.6 Å². The third-order valence-electron chi connectivity index (χ3n) is 4.93. The number of carbonyl (C=O) groups is 1. The van der Waals surface area contributed by atoms with Crippen molar-refractivity contribution in [2.45, 2.75) is 32.2 Å². The number of ether oxygens (including phenoxy) is 1. The molecule has 2 N–H and O–H groups in total. The van der Waals surface area contributed by atoms with Gasteiger partial charge < -0.3 is 15.4 Å². The van der Waals surface area contributed by atoms with Crippen molar-refractivity contribution in [1.29, 1.82) is 0 Å². The minimum absolute atomic E-state index is 0.0157. The van der Waals surface area contributed by atoms with Crippen molar-refractivity contribution in [3.8, 4) is 0 Å². The van der Waals surface area contributed by atoms with Crippen LogP contribution in [0.4, 0.5) is 0 Å². The monoisotopic (exact) mass is 336 g/mol. The standard InChI is InChI=1S/C18H28N2O2S/c1-14-5-3-4-6-15(14)11-18(13-22-2)7-9-20(10-8-18)17(21)16(19)12-23/h3-6,16,23H,7-13,19H2,1-2H3. The molecule has 1 aromatic rings. The minimum Gasteiger partial charge on any atom is -0.384 e. The molecule has 128 valence electrons. The molecule has 1 atom stereocenters. The van der Waals surface area contributed by atoms with Crippen LogP contribution < -0.4 is 5.73 Å². The molecule has 1 fully saturated rings. The first-order valence-electron chi connectivity index (χ1n) is 8.20. The molecule has 0 aliphatic carbocycles. The van der Waals surface area contributed by atoms with Gasteiger partial charge in [-0.2, -0.15) is 12.6 Å². The van der Waals surface area contributed by atoms with Gasteiger partial charge in [-0.3, -0.25) is 4.79 Å². The van der Waals surface area contributed by atoms with Crippen LogP contribution in [0.3, 0.4) is 0 Å². The van der Waals surface area contributed by atoms with Gasteiger partial charge in [-0.05, 0) is 37.3 Å².